The van der Waals surface area contributed by atoms with Crippen molar-refractivity contribution < 1.29 is 9.53 Å². The fourth-order valence-electron chi connectivity index (χ4n) is 3.31. The van der Waals surface area contributed by atoms with E-state index >= 15 is 0 Å². The Balaban J connectivity index is 1.91. The number of carbonyl (C=O) groups excluding carboxylic acids is 1. The summed E-state index contributed by atoms with van der Waals surface area (Å²) in [6.45, 7) is 6.18. The molecule has 3 rings (SSSR count). The van der Waals surface area contributed by atoms with Crippen molar-refractivity contribution in [1.29, 1.82) is 0 Å². The predicted molar refractivity (Wildman–Crippen MR) is 117 cm³/mol. The Labute approximate surface area is 181 Å². The van der Waals surface area contributed by atoms with Gasteiger partial charge in [0.15, 0.2) is 0 Å². The molecule has 0 fully saturated rings. The van der Waals surface area contributed by atoms with Crippen molar-refractivity contribution >= 4 is 35.3 Å². The highest BCUT2D eigenvalue weighted by atomic mass is 35.5. The lowest BCUT2D eigenvalue weighted by Crippen LogP contribution is -2.29. The number of fused-ring (bicyclic) bond motifs is 1. The second kappa shape index (κ2) is 10.2. The van der Waals surface area contributed by atoms with Gasteiger partial charge >= 0.3 is 5.97 Å². The second-order valence-corrected chi connectivity index (χ2v) is 8.41. The van der Waals surface area contributed by atoms with Gasteiger partial charge in [-0.05, 0) is 38.0 Å². The molecule has 1 aliphatic rings. The first-order chi connectivity index (χ1) is 14.0. The molecule has 8 heteroatoms. The number of esters is 1. The first-order valence-corrected chi connectivity index (χ1v) is 11.4. The molecule has 1 aromatic heterocycles. The number of hydrogen-bond acceptors (Lipinski definition) is 6. The molecule has 1 aliphatic heterocycles. The molecule has 0 bridgehead atoms. The number of hydrogen-bond donors (Lipinski definition) is 1. The average molecular weight is 435 g/mol. The molecular formula is C21H27ClN4O2S. The smallest absolute Gasteiger partial charge is 0.338 e. The molecule has 0 saturated carbocycles. The topological polar surface area (TPSA) is 69.0 Å². The third kappa shape index (κ3) is 5.14. The molecule has 0 saturated heterocycles. The number of aromatic nitrogens is 3. The van der Waals surface area contributed by atoms with Gasteiger partial charge in [0.05, 0.1) is 12.2 Å². The molecule has 6 nitrogen and oxygen atoms in total. The molecule has 156 valence electrons. The molecular weight excluding hydrogens is 408 g/mol. The number of halogens is 1. The van der Waals surface area contributed by atoms with E-state index in [4.69, 9.17) is 21.4 Å². The Morgan fingerprint density at radius 3 is 2.69 bits per heavy atom. The Hall–Kier alpha value is -1.99. The van der Waals surface area contributed by atoms with Crippen LogP contribution in [0.5, 0.6) is 0 Å². The lowest BCUT2D eigenvalue weighted by atomic mass is 9.96. The van der Waals surface area contributed by atoms with Crippen LogP contribution in [0.25, 0.3) is 0 Å². The molecule has 2 heterocycles. The minimum atomic E-state index is -0.412. The maximum absolute atomic E-state index is 12.7. The van der Waals surface area contributed by atoms with Crippen molar-refractivity contribution in [3.63, 3.8) is 0 Å². The highest BCUT2D eigenvalue weighted by Gasteiger charge is 2.35. The van der Waals surface area contributed by atoms with Gasteiger partial charge in [-0.15, -0.1) is 5.10 Å². The zero-order valence-electron chi connectivity index (χ0n) is 17.1. The van der Waals surface area contributed by atoms with E-state index in [9.17, 15) is 4.79 Å². The summed E-state index contributed by atoms with van der Waals surface area (Å²) in [5, 5.41) is 9.28. The van der Waals surface area contributed by atoms with E-state index in [2.05, 4.69) is 17.2 Å². The fourth-order valence-corrected chi connectivity index (χ4v) is 4.27. The molecule has 0 amide bonds. The van der Waals surface area contributed by atoms with Gasteiger partial charge in [0.1, 0.15) is 6.04 Å². The van der Waals surface area contributed by atoms with Gasteiger partial charge in [-0.25, -0.2) is 9.48 Å². The summed E-state index contributed by atoms with van der Waals surface area (Å²) in [5.74, 6) is 1.26. The third-order valence-corrected chi connectivity index (χ3v) is 5.92. The normalized spacial score (nSPS) is 15.8. The SMILES string of the molecule is CCCCCCSc1nc2n(n1)C(c1ccc(Cl)cc1)C(C(=O)OCC)=C(C)N2. The van der Waals surface area contributed by atoms with E-state index in [1.807, 2.05) is 31.2 Å². The molecule has 1 N–H and O–H groups in total. The molecule has 0 radical (unpaired) electrons. The quantitative estimate of drug-likeness (QED) is 0.321. The highest BCUT2D eigenvalue weighted by Crippen LogP contribution is 2.37. The summed E-state index contributed by atoms with van der Waals surface area (Å²) in [6, 6.07) is 7.04. The van der Waals surface area contributed by atoms with E-state index in [-0.39, 0.29) is 5.97 Å². The van der Waals surface area contributed by atoms with Gasteiger partial charge < -0.3 is 10.1 Å². The number of allylic oxidation sites excluding steroid dienone is 1. The molecule has 1 atom stereocenters. The Kier molecular flexibility index (Phi) is 7.61. The Morgan fingerprint density at radius 1 is 1.24 bits per heavy atom. The molecule has 29 heavy (non-hydrogen) atoms. The van der Waals surface area contributed by atoms with Crippen LogP contribution in [0.2, 0.25) is 5.02 Å². The molecule has 1 unspecified atom stereocenters. The minimum absolute atomic E-state index is 0.312. The van der Waals surface area contributed by atoms with E-state index in [1.165, 1.54) is 19.3 Å². The van der Waals surface area contributed by atoms with Crippen LogP contribution in [-0.4, -0.2) is 33.1 Å². The zero-order chi connectivity index (χ0) is 20.8. The van der Waals surface area contributed by atoms with E-state index in [0.29, 0.717) is 28.3 Å². The number of carbonyl (C=O) groups is 1. The average Bonchev–Trinajstić information content (AvgIpc) is 3.10. The van der Waals surface area contributed by atoms with Gasteiger partial charge in [0.2, 0.25) is 11.1 Å². The van der Waals surface area contributed by atoms with Crippen molar-refractivity contribution in [2.75, 3.05) is 17.7 Å². The number of benzene rings is 1. The van der Waals surface area contributed by atoms with Crippen LogP contribution in [0.15, 0.2) is 40.7 Å². The van der Waals surface area contributed by atoms with Crippen molar-refractivity contribution in [2.24, 2.45) is 0 Å². The Bertz CT molecular complexity index is 879. The van der Waals surface area contributed by atoms with Gasteiger partial charge in [-0.2, -0.15) is 4.98 Å². The number of anilines is 1. The number of rotatable bonds is 9. The summed E-state index contributed by atoms with van der Waals surface area (Å²) >= 11 is 7.72. The summed E-state index contributed by atoms with van der Waals surface area (Å²) in [7, 11) is 0. The van der Waals surface area contributed by atoms with Gasteiger partial charge in [-0.1, -0.05) is 61.7 Å². The van der Waals surface area contributed by atoms with E-state index in [0.717, 1.165) is 23.4 Å². The van der Waals surface area contributed by atoms with Crippen LogP contribution >= 0.6 is 23.4 Å². The van der Waals surface area contributed by atoms with Crippen LogP contribution in [0.3, 0.4) is 0 Å². The molecule has 2 aromatic rings. The maximum atomic E-state index is 12.7. The maximum Gasteiger partial charge on any atom is 0.338 e. The third-order valence-electron chi connectivity index (χ3n) is 4.74. The van der Waals surface area contributed by atoms with Crippen molar-refractivity contribution in [2.45, 2.75) is 57.7 Å². The standard InChI is InChI=1S/C21H27ClN4O2S/c1-4-6-7-8-13-29-21-24-20-23-14(3)17(19(27)28-5-2)18(26(20)25-21)15-9-11-16(22)12-10-15/h9-12,18H,4-8,13H2,1-3H3,(H,23,24,25). The van der Waals surface area contributed by atoms with Crippen molar-refractivity contribution in [1.82, 2.24) is 14.8 Å². The largest absolute Gasteiger partial charge is 0.463 e. The van der Waals surface area contributed by atoms with Crippen LogP contribution in [0, 0.1) is 0 Å². The summed E-state index contributed by atoms with van der Waals surface area (Å²) in [5.41, 5.74) is 2.16. The summed E-state index contributed by atoms with van der Waals surface area (Å²) < 4.78 is 7.10. The number of thioether (sulfide) groups is 1. The summed E-state index contributed by atoms with van der Waals surface area (Å²) in [4.78, 5) is 17.4. The van der Waals surface area contributed by atoms with Crippen molar-refractivity contribution in [3.05, 3.63) is 46.1 Å². The van der Waals surface area contributed by atoms with Crippen LogP contribution in [0.1, 0.15) is 58.1 Å². The molecule has 0 aliphatic carbocycles. The lowest BCUT2D eigenvalue weighted by Gasteiger charge is -2.28. The van der Waals surface area contributed by atoms with E-state index in [1.54, 1.807) is 23.4 Å². The number of nitrogens with one attached hydrogen (secondary N) is 1. The van der Waals surface area contributed by atoms with Crippen molar-refractivity contribution in [3.8, 4) is 0 Å². The van der Waals surface area contributed by atoms with Gasteiger partial charge in [-0.3, -0.25) is 0 Å². The number of unbranched alkanes of at least 4 members (excludes halogenated alkanes) is 3. The first kappa shape index (κ1) is 21.7. The highest BCUT2D eigenvalue weighted by molar-refractivity contribution is 7.99. The Morgan fingerprint density at radius 2 is 2.00 bits per heavy atom. The van der Waals surface area contributed by atoms with E-state index < -0.39 is 6.04 Å². The van der Waals surface area contributed by atoms with Gasteiger partial charge in [0, 0.05) is 16.5 Å². The first-order valence-electron chi connectivity index (χ1n) is 10.0. The minimum Gasteiger partial charge on any atom is -0.463 e. The van der Waals surface area contributed by atoms with Crippen LogP contribution in [0.4, 0.5) is 5.95 Å². The summed E-state index contributed by atoms with van der Waals surface area (Å²) in [6.07, 6.45) is 4.83. The number of ether oxygens (including phenoxy) is 1. The second-order valence-electron chi connectivity index (χ2n) is 6.91. The molecule has 0 spiro atoms. The fraction of sp³-hybridized carbons (Fsp3) is 0.476. The van der Waals surface area contributed by atoms with Gasteiger partial charge in [0.25, 0.3) is 0 Å². The predicted octanol–water partition coefficient (Wildman–Crippen LogP) is 5.46. The monoisotopic (exact) mass is 434 g/mol. The molecule has 1 aromatic carbocycles. The number of nitrogens with zero attached hydrogens (tertiary/aromatic N) is 3. The van der Waals surface area contributed by atoms with Crippen LogP contribution < -0.4 is 5.32 Å². The lowest BCUT2D eigenvalue weighted by molar-refractivity contribution is -0.139. The van der Waals surface area contributed by atoms with Crippen LogP contribution in [-0.2, 0) is 9.53 Å². The zero-order valence-corrected chi connectivity index (χ0v) is 18.6.